The van der Waals surface area contributed by atoms with E-state index in [0.29, 0.717) is 17.1 Å². The molecule has 0 aromatic heterocycles. The fourth-order valence-electron chi connectivity index (χ4n) is 4.90. The molecule has 0 spiro atoms. The summed E-state index contributed by atoms with van der Waals surface area (Å²) in [6.07, 6.45) is 0.256. The summed E-state index contributed by atoms with van der Waals surface area (Å²) in [5.74, 6) is -0.834. The minimum absolute atomic E-state index is 0.0391. The molecular formula is C34H36ClN3O4S. The Kier molecular flexibility index (Phi) is 10.6. The van der Waals surface area contributed by atoms with E-state index in [0.717, 1.165) is 21.0 Å². The van der Waals surface area contributed by atoms with Crippen molar-refractivity contribution in [3.8, 4) is 0 Å². The molecule has 0 radical (unpaired) electrons. The molecule has 224 valence electrons. The third-order valence-electron chi connectivity index (χ3n) is 7.27. The van der Waals surface area contributed by atoms with Gasteiger partial charge in [-0.15, -0.1) is 0 Å². The summed E-state index contributed by atoms with van der Waals surface area (Å²) in [6.45, 7) is 5.50. The van der Waals surface area contributed by atoms with Crippen molar-refractivity contribution in [2.75, 3.05) is 17.4 Å². The normalized spacial score (nSPS) is 11.9. The SMILES string of the molecule is CCNC(=O)[C@H](Cc1ccccc1)N(Cc1ccccc1C)C(=O)CN(c1cc(Cl)ccc1C)S(=O)(=O)c1ccccc1. The fourth-order valence-corrected chi connectivity index (χ4v) is 6.56. The highest BCUT2D eigenvalue weighted by molar-refractivity contribution is 7.92. The van der Waals surface area contributed by atoms with Gasteiger partial charge in [0.2, 0.25) is 11.8 Å². The summed E-state index contributed by atoms with van der Waals surface area (Å²) in [4.78, 5) is 29.6. The van der Waals surface area contributed by atoms with E-state index in [4.69, 9.17) is 11.6 Å². The Morgan fingerprint density at radius 1 is 0.837 bits per heavy atom. The Morgan fingerprint density at radius 3 is 2.12 bits per heavy atom. The van der Waals surface area contributed by atoms with Crippen molar-refractivity contribution in [1.29, 1.82) is 0 Å². The van der Waals surface area contributed by atoms with E-state index in [2.05, 4.69) is 5.32 Å². The van der Waals surface area contributed by atoms with Gasteiger partial charge in [-0.25, -0.2) is 8.42 Å². The summed E-state index contributed by atoms with van der Waals surface area (Å²) in [5, 5.41) is 3.21. The zero-order chi connectivity index (χ0) is 31.0. The second-order valence-corrected chi connectivity index (χ2v) is 12.6. The van der Waals surface area contributed by atoms with Gasteiger partial charge in [0.15, 0.2) is 0 Å². The topological polar surface area (TPSA) is 86.8 Å². The summed E-state index contributed by atoms with van der Waals surface area (Å²) in [5.41, 5.74) is 3.61. The van der Waals surface area contributed by atoms with Crippen LogP contribution in [0.5, 0.6) is 0 Å². The first-order valence-corrected chi connectivity index (χ1v) is 15.9. The van der Waals surface area contributed by atoms with Crippen molar-refractivity contribution in [2.45, 2.75) is 44.7 Å². The molecule has 0 saturated heterocycles. The Morgan fingerprint density at radius 2 is 1.47 bits per heavy atom. The maximum absolute atomic E-state index is 14.5. The van der Waals surface area contributed by atoms with Crippen molar-refractivity contribution in [3.63, 3.8) is 0 Å². The van der Waals surface area contributed by atoms with Gasteiger partial charge >= 0.3 is 0 Å². The third-order valence-corrected chi connectivity index (χ3v) is 9.28. The van der Waals surface area contributed by atoms with Gasteiger partial charge in [0.1, 0.15) is 12.6 Å². The minimum atomic E-state index is -4.19. The number of nitrogens with zero attached hydrogens (tertiary/aromatic N) is 2. The van der Waals surface area contributed by atoms with Crippen LogP contribution >= 0.6 is 11.6 Å². The third kappa shape index (κ3) is 7.83. The van der Waals surface area contributed by atoms with E-state index in [-0.39, 0.29) is 29.5 Å². The van der Waals surface area contributed by atoms with Crippen LogP contribution in [0.3, 0.4) is 0 Å². The summed E-state index contributed by atoms with van der Waals surface area (Å²) in [6, 6.07) is 29.1. The molecule has 9 heteroatoms. The van der Waals surface area contributed by atoms with Crippen molar-refractivity contribution in [1.82, 2.24) is 10.2 Å². The van der Waals surface area contributed by atoms with Crippen LogP contribution in [0, 0.1) is 13.8 Å². The molecule has 0 aliphatic heterocycles. The molecule has 4 aromatic carbocycles. The molecule has 0 aliphatic carbocycles. The lowest BCUT2D eigenvalue weighted by Gasteiger charge is -2.34. The van der Waals surface area contributed by atoms with Crippen LogP contribution in [0.25, 0.3) is 0 Å². The second-order valence-electron chi connectivity index (χ2n) is 10.3. The number of nitrogens with one attached hydrogen (secondary N) is 1. The van der Waals surface area contributed by atoms with Crippen LogP contribution in [-0.2, 0) is 32.6 Å². The number of aryl methyl sites for hydroxylation is 2. The average molecular weight is 618 g/mol. The average Bonchev–Trinajstić information content (AvgIpc) is 3.00. The molecule has 1 N–H and O–H groups in total. The zero-order valence-corrected chi connectivity index (χ0v) is 26.1. The molecule has 0 unspecified atom stereocenters. The molecule has 0 saturated carbocycles. The Balaban J connectivity index is 1.83. The van der Waals surface area contributed by atoms with Gasteiger partial charge in [-0.3, -0.25) is 13.9 Å². The van der Waals surface area contributed by atoms with Gasteiger partial charge in [0.25, 0.3) is 10.0 Å². The minimum Gasteiger partial charge on any atom is -0.355 e. The molecule has 4 aromatic rings. The van der Waals surface area contributed by atoms with Crippen LogP contribution in [-0.4, -0.2) is 44.3 Å². The van der Waals surface area contributed by atoms with Gasteiger partial charge in [-0.1, -0.05) is 90.5 Å². The monoisotopic (exact) mass is 617 g/mol. The van der Waals surface area contributed by atoms with E-state index < -0.39 is 28.5 Å². The number of sulfonamides is 1. The molecule has 0 bridgehead atoms. The Bertz CT molecular complexity index is 1660. The molecule has 0 fully saturated rings. The zero-order valence-electron chi connectivity index (χ0n) is 24.5. The van der Waals surface area contributed by atoms with Crippen molar-refractivity contribution < 1.29 is 18.0 Å². The van der Waals surface area contributed by atoms with Crippen molar-refractivity contribution >= 4 is 39.1 Å². The first-order chi connectivity index (χ1) is 20.6. The summed E-state index contributed by atoms with van der Waals surface area (Å²) in [7, 11) is -4.19. The van der Waals surface area contributed by atoms with E-state index in [1.807, 2.05) is 68.4 Å². The quantitative estimate of drug-likeness (QED) is 0.214. The van der Waals surface area contributed by atoms with Crippen molar-refractivity contribution in [2.24, 2.45) is 0 Å². The number of halogens is 1. The number of likely N-dealkylation sites (N-methyl/N-ethyl adjacent to an activating group) is 1. The molecule has 7 nitrogen and oxygen atoms in total. The van der Waals surface area contributed by atoms with E-state index in [1.165, 1.54) is 17.0 Å². The van der Waals surface area contributed by atoms with Gasteiger partial charge in [0, 0.05) is 24.5 Å². The number of carbonyl (C=O) groups is 2. The largest absolute Gasteiger partial charge is 0.355 e. The molecular weight excluding hydrogens is 582 g/mol. The second kappa shape index (κ2) is 14.4. The number of hydrogen-bond acceptors (Lipinski definition) is 4. The molecule has 0 heterocycles. The summed E-state index contributed by atoms with van der Waals surface area (Å²) >= 11 is 6.33. The van der Waals surface area contributed by atoms with E-state index in [9.17, 15) is 18.0 Å². The smallest absolute Gasteiger partial charge is 0.264 e. The maximum atomic E-state index is 14.5. The number of rotatable bonds is 12. The highest BCUT2D eigenvalue weighted by Crippen LogP contribution is 2.30. The van der Waals surface area contributed by atoms with Gasteiger partial charge in [0.05, 0.1) is 10.6 Å². The standard InChI is InChI=1S/C34H36ClN3O4S/c1-4-36-34(40)32(21-27-14-7-5-8-15-27)37(23-28-16-12-11-13-25(28)2)33(39)24-38(31-22-29(35)20-19-26(31)3)43(41,42)30-17-9-6-10-18-30/h5-20,22,32H,4,21,23-24H2,1-3H3,(H,36,40)/t32-/m0/s1. The number of hydrogen-bond donors (Lipinski definition) is 1. The lowest BCUT2D eigenvalue weighted by molar-refractivity contribution is -0.140. The number of benzene rings is 4. The number of amides is 2. The van der Waals surface area contributed by atoms with Gasteiger partial charge in [-0.05, 0) is 67.3 Å². The lowest BCUT2D eigenvalue weighted by Crippen LogP contribution is -2.53. The molecule has 0 aliphatic rings. The van der Waals surface area contributed by atoms with Crippen LogP contribution in [0.1, 0.15) is 29.2 Å². The Labute approximate surface area is 259 Å². The molecule has 4 rings (SSSR count). The van der Waals surface area contributed by atoms with Crippen LogP contribution in [0.4, 0.5) is 5.69 Å². The highest BCUT2D eigenvalue weighted by Gasteiger charge is 2.35. The maximum Gasteiger partial charge on any atom is 0.264 e. The predicted octanol–water partition coefficient (Wildman–Crippen LogP) is 5.93. The van der Waals surface area contributed by atoms with Crippen LogP contribution in [0.15, 0.2) is 108 Å². The highest BCUT2D eigenvalue weighted by atomic mass is 35.5. The fraction of sp³-hybridized carbons (Fsp3) is 0.235. The summed E-state index contributed by atoms with van der Waals surface area (Å²) < 4.78 is 29.3. The van der Waals surface area contributed by atoms with Crippen molar-refractivity contribution in [3.05, 3.63) is 130 Å². The lowest BCUT2D eigenvalue weighted by atomic mass is 10.0. The van der Waals surface area contributed by atoms with Gasteiger partial charge < -0.3 is 10.2 Å². The molecule has 43 heavy (non-hydrogen) atoms. The number of anilines is 1. The van der Waals surface area contributed by atoms with Crippen LogP contribution < -0.4 is 9.62 Å². The van der Waals surface area contributed by atoms with E-state index >= 15 is 0 Å². The molecule has 2 amide bonds. The Hall–Kier alpha value is -4.14. The predicted molar refractivity (Wildman–Crippen MR) is 172 cm³/mol. The first-order valence-electron chi connectivity index (χ1n) is 14.1. The van der Waals surface area contributed by atoms with Crippen LogP contribution in [0.2, 0.25) is 5.02 Å². The van der Waals surface area contributed by atoms with Gasteiger partial charge in [-0.2, -0.15) is 0 Å². The molecule has 1 atom stereocenters. The number of carbonyl (C=O) groups excluding carboxylic acids is 2. The first kappa shape index (κ1) is 31.8. The van der Waals surface area contributed by atoms with E-state index in [1.54, 1.807) is 43.3 Å².